The van der Waals surface area contributed by atoms with Crippen LogP contribution in [0.1, 0.15) is 47.1 Å². The van der Waals surface area contributed by atoms with Gasteiger partial charge in [-0.25, -0.2) is 0 Å². The molecule has 0 saturated heterocycles. The first-order valence-corrected chi connectivity index (χ1v) is 25.5. The van der Waals surface area contributed by atoms with Crippen LogP contribution in [0, 0.1) is 0 Å². The number of carbonyl (C=O) groups is 1. The molecule has 0 saturated carbocycles. The number of anilines is 1. The zero-order valence-corrected chi connectivity index (χ0v) is 29.2. The number of hydrogen-bond donors (Lipinski definition) is 1. The molecule has 5 rings (SSSR count). The summed E-state index contributed by atoms with van der Waals surface area (Å²) in [4.78, 5) is 20.1. The van der Waals surface area contributed by atoms with Gasteiger partial charge in [-0.15, -0.1) is 10.2 Å². The van der Waals surface area contributed by atoms with Crippen molar-refractivity contribution in [2.75, 3.05) is 5.32 Å². The van der Waals surface area contributed by atoms with Gasteiger partial charge in [0.2, 0.25) is 0 Å². The number of halogens is 1. The molecule has 0 aliphatic carbocycles. The van der Waals surface area contributed by atoms with Crippen molar-refractivity contribution in [2.45, 2.75) is 58.5 Å². The first-order chi connectivity index (χ1) is 20.7. The molecule has 3 aromatic carbocycles. The van der Waals surface area contributed by atoms with Crippen molar-refractivity contribution in [1.82, 2.24) is 33.2 Å². The second kappa shape index (κ2) is 14.0. The van der Waals surface area contributed by atoms with Crippen molar-refractivity contribution in [3.63, 3.8) is 0 Å². The standard InChI is InChI=1S/C28H27ClN8OS.3CH3.Sn/c1-2-3-8-25-31-34-28(39-18-20-9-13-21(29)14-10-20)37(25)17-19-11-15-22(16-12-19)30-27(38)24-7-5-4-6-23(24)26-32-35-36-33-26;;;;/h4-7,9-16H,2-3,8,17-18H2,1H3,(H2,30,32,33,35,36,38);3*1H3;/q;;;;+1/p-1. The van der Waals surface area contributed by atoms with Gasteiger partial charge in [0.1, 0.15) is 5.82 Å². The van der Waals surface area contributed by atoms with Gasteiger partial charge >= 0.3 is 156 Å². The second-order valence-corrected chi connectivity index (χ2v) is 26.3. The average molecular weight is 722 g/mol. The quantitative estimate of drug-likeness (QED) is 0.107. The number of thioether (sulfide) groups is 1. The van der Waals surface area contributed by atoms with Gasteiger partial charge < -0.3 is 0 Å². The first kappa shape index (κ1) is 31.2. The fourth-order valence-electron chi connectivity index (χ4n) is 4.59. The number of rotatable bonds is 12. The van der Waals surface area contributed by atoms with Crippen LogP contribution in [0.2, 0.25) is 19.8 Å². The van der Waals surface area contributed by atoms with E-state index in [1.54, 1.807) is 11.8 Å². The number of nitrogens with zero attached hydrogens (tertiary/aromatic N) is 7. The second-order valence-electron chi connectivity index (χ2n) is 11.3. The summed E-state index contributed by atoms with van der Waals surface area (Å²) in [6, 6.07) is 23.3. The molecule has 0 radical (unpaired) electrons. The van der Waals surface area contributed by atoms with Gasteiger partial charge in [-0.1, -0.05) is 48.8 Å². The Hall–Kier alpha value is -3.22. The van der Waals surface area contributed by atoms with Crippen molar-refractivity contribution in [3.8, 4) is 11.4 Å². The molecule has 5 aromatic rings. The maximum absolute atomic E-state index is 13.4. The minimum atomic E-state index is -2.67. The van der Waals surface area contributed by atoms with Crippen LogP contribution in [0.5, 0.6) is 0 Å². The summed E-state index contributed by atoms with van der Waals surface area (Å²) >= 11 is 5.05. The average Bonchev–Trinajstić information content (AvgIpc) is 3.64. The molecule has 0 spiro atoms. The Morgan fingerprint density at radius 1 is 0.930 bits per heavy atom. The Kier molecular flexibility index (Phi) is 10.2. The predicted molar refractivity (Wildman–Crippen MR) is 175 cm³/mol. The molecular formula is C31H35ClN8OSSn. The Morgan fingerprint density at radius 3 is 2.37 bits per heavy atom. The number of carbonyl (C=O) groups excluding carboxylic acids is 1. The van der Waals surface area contributed by atoms with Crippen molar-refractivity contribution in [1.29, 1.82) is 0 Å². The summed E-state index contributed by atoms with van der Waals surface area (Å²) in [6.45, 7) is 2.82. The van der Waals surface area contributed by atoms with Crippen LogP contribution >= 0.6 is 23.4 Å². The van der Waals surface area contributed by atoms with Crippen LogP contribution in [0.15, 0.2) is 78.0 Å². The molecule has 2 aromatic heterocycles. The van der Waals surface area contributed by atoms with Gasteiger partial charge in [-0.05, 0) is 24.1 Å². The number of hydrogen-bond acceptors (Lipinski definition) is 7. The number of nitrogens with one attached hydrogen (secondary N) is 1. The number of aromatic nitrogens is 7. The van der Waals surface area contributed by atoms with E-state index in [4.69, 9.17) is 11.6 Å². The Morgan fingerprint density at radius 2 is 1.65 bits per heavy atom. The maximum atomic E-state index is 13.4. The number of aryl methyl sites for hydroxylation is 1. The van der Waals surface area contributed by atoms with E-state index in [1.165, 1.54) is 5.56 Å². The van der Waals surface area contributed by atoms with Crippen molar-refractivity contribution >= 4 is 53.6 Å². The molecule has 0 atom stereocenters. The summed E-state index contributed by atoms with van der Waals surface area (Å²) in [5.41, 5.74) is 4.25. The van der Waals surface area contributed by atoms with Gasteiger partial charge in [0, 0.05) is 17.2 Å². The minimum absolute atomic E-state index is 0.205. The van der Waals surface area contributed by atoms with E-state index in [-0.39, 0.29) is 5.91 Å². The van der Waals surface area contributed by atoms with E-state index in [1.807, 2.05) is 75.7 Å². The number of benzene rings is 3. The van der Waals surface area contributed by atoms with E-state index >= 15 is 0 Å². The molecule has 12 heteroatoms. The third kappa shape index (κ3) is 7.84. The molecule has 0 unspecified atom stereocenters. The molecule has 2 heterocycles. The molecule has 43 heavy (non-hydrogen) atoms. The number of unbranched alkanes of at least 4 members (excludes halogenated alkanes) is 1. The van der Waals surface area contributed by atoms with Crippen molar-refractivity contribution in [3.05, 3.63) is 100 Å². The van der Waals surface area contributed by atoms with Gasteiger partial charge in [0.25, 0.3) is 0 Å². The molecule has 1 amide bonds. The molecule has 0 aliphatic rings. The Balaban J connectivity index is 1.31. The van der Waals surface area contributed by atoms with Gasteiger partial charge in [-0.3, -0.25) is 0 Å². The fourth-order valence-corrected chi connectivity index (χ4v) is 8.79. The third-order valence-corrected chi connectivity index (χ3v) is 12.7. The Bertz CT molecular complexity index is 1680. The van der Waals surface area contributed by atoms with E-state index in [0.717, 1.165) is 52.1 Å². The molecule has 0 aliphatic heterocycles. The van der Waals surface area contributed by atoms with Crippen LogP contribution in [0.3, 0.4) is 0 Å². The van der Waals surface area contributed by atoms with E-state index in [9.17, 15) is 4.79 Å². The fraction of sp³-hybridized carbons (Fsp3) is 0.290. The summed E-state index contributed by atoms with van der Waals surface area (Å²) in [5.74, 6) is 2.20. The molecule has 0 bridgehead atoms. The van der Waals surface area contributed by atoms with Gasteiger partial charge in [0.05, 0.1) is 0 Å². The zero-order chi connectivity index (χ0) is 30.4. The zero-order valence-electron chi connectivity index (χ0n) is 24.8. The molecular weight excluding hydrogens is 687 g/mol. The third-order valence-electron chi connectivity index (χ3n) is 6.90. The predicted octanol–water partition coefficient (Wildman–Crippen LogP) is 7.20. The van der Waals surface area contributed by atoms with Crippen molar-refractivity contribution in [2.24, 2.45) is 0 Å². The normalized spacial score (nSPS) is 11.6. The summed E-state index contributed by atoms with van der Waals surface area (Å²) in [6.07, 6.45) is 3.02. The molecule has 0 fully saturated rings. The van der Waals surface area contributed by atoms with Crippen LogP contribution in [0.4, 0.5) is 5.69 Å². The topological polar surface area (TPSA) is 103 Å². The van der Waals surface area contributed by atoms with Gasteiger partial charge in [0.15, 0.2) is 5.16 Å². The molecule has 9 nitrogen and oxygen atoms in total. The molecule has 222 valence electrons. The van der Waals surface area contributed by atoms with Crippen LogP contribution in [0.25, 0.3) is 11.4 Å². The van der Waals surface area contributed by atoms with Crippen molar-refractivity contribution < 1.29 is 4.79 Å². The summed E-state index contributed by atoms with van der Waals surface area (Å²) in [7, 11) is 0. The van der Waals surface area contributed by atoms with E-state index in [2.05, 4.69) is 57.3 Å². The van der Waals surface area contributed by atoms with Gasteiger partial charge in [-0.2, -0.15) is 0 Å². The summed E-state index contributed by atoms with van der Waals surface area (Å²) < 4.78 is 4.14. The van der Waals surface area contributed by atoms with E-state index < -0.39 is 18.7 Å². The molecule has 1 N–H and O–H groups in total. The van der Waals surface area contributed by atoms with E-state index in [0.29, 0.717) is 23.6 Å². The number of amides is 1. The van der Waals surface area contributed by atoms with Crippen LogP contribution in [-0.2, 0) is 18.7 Å². The monoisotopic (exact) mass is 722 g/mol. The SMILES string of the molecule is CCCCc1nnc(SCc2ccc(Cl)cc2)n1Cc1ccc(NC(=O)c2ccccc2-c2nnn[n]2[Sn]([CH3])([CH3])[CH3])cc1. The Labute approximate surface area is 265 Å². The van der Waals surface area contributed by atoms with Crippen LogP contribution in [-0.4, -0.2) is 57.8 Å². The van der Waals surface area contributed by atoms with Crippen LogP contribution < -0.4 is 5.32 Å². The summed E-state index contributed by atoms with van der Waals surface area (Å²) in [5, 5.41) is 26.1. The number of tetrazole rings is 1. The first-order valence-electron chi connectivity index (χ1n) is 14.3.